The Morgan fingerprint density at radius 3 is 2.25 bits per heavy atom. The van der Waals surface area contributed by atoms with Crippen molar-refractivity contribution in [3.63, 3.8) is 0 Å². The lowest BCUT2D eigenvalue weighted by Gasteiger charge is -2.07. The Hall–Kier alpha value is -0.470. The maximum atomic E-state index is 6.07. The maximum Gasteiger partial charge on any atom is 0.136 e. The Kier molecular flexibility index (Phi) is 3.60. The number of hydrogen-bond acceptors (Lipinski definition) is 1. The Bertz CT molecular complexity index is 490. The predicted octanol–water partition coefficient (Wildman–Crippen LogP) is 5.36. The molecule has 0 unspecified atom stereocenters. The second-order valence-corrected chi connectivity index (χ2v) is 4.75. The van der Waals surface area contributed by atoms with Crippen LogP contribution in [0.2, 0.25) is 20.2 Å². The monoisotopic (exact) mass is 291 g/mol. The van der Waals surface area contributed by atoms with Gasteiger partial charge in [0.2, 0.25) is 0 Å². The molecule has 0 bridgehead atoms. The fourth-order valence-corrected chi connectivity index (χ4v) is 2.07. The average Bonchev–Trinajstić information content (AvgIpc) is 2.25. The molecule has 1 aromatic heterocycles. The summed E-state index contributed by atoms with van der Waals surface area (Å²) in [7, 11) is 0. The first kappa shape index (κ1) is 12.0. The maximum absolute atomic E-state index is 6.07. The van der Waals surface area contributed by atoms with E-state index >= 15 is 0 Å². The number of hydrogen-bond donors (Lipinski definition) is 0. The van der Waals surface area contributed by atoms with E-state index in [1.54, 1.807) is 24.3 Å². The van der Waals surface area contributed by atoms with Crippen molar-refractivity contribution in [2.24, 2.45) is 0 Å². The second kappa shape index (κ2) is 4.80. The van der Waals surface area contributed by atoms with Gasteiger partial charge in [0, 0.05) is 27.4 Å². The summed E-state index contributed by atoms with van der Waals surface area (Å²) in [6, 6.07) is 6.84. The van der Waals surface area contributed by atoms with Gasteiger partial charge in [-0.1, -0.05) is 46.4 Å². The van der Waals surface area contributed by atoms with Crippen molar-refractivity contribution in [1.82, 2.24) is 4.98 Å². The van der Waals surface area contributed by atoms with Crippen LogP contribution in [0.25, 0.3) is 11.1 Å². The molecular formula is C11H5Cl4N. The molecule has 82 valence electrons. The van der Waals surface area contributed by atoms with Gasteiger partial charge in [-0.2, -0.15) is 0 Å². The molecule has 0 spiro atoms. The van der Waals surface area contributed by atoms with Crippen molar-refractivity contribution in [2.45, 2.75) is 0 Å². The van der Waals surface area contributed by atoms with Crippen LogP contribution in [0.1, 0.15) is 0 Å². The highest BCUT2D eigenvalue weighted by Crippen LogP contribution is 2.35. The molecule has 1 heterocycles. The Balaban J connectivity index is 2.66. The summed E-state index contributed by atoms with van der Waals surface area (Å²) in [5.74, 6) is 0. The molecule has 0 aliphatic rings. The molecule has 0 N–H and O–H groups in total. The molecular weight excluding hydrogens is 288 g/mol. The number of rotatable bonds is 1. The van der Waals surface area contributed by atoms with E-state index in [9.17, 15) is 0 Å². The average molecular weight is 293 g/mol. The Labute approximate surface area is 113 Å². The highest BCUT2D eigenvalue weighted by molar-refractivity contribution is 6.38. The number of halogens is 4. The Morgan fingerprint density at radius 1 is 0.812 bits per heavy atom. The smallest absolute Gasteiger partial charge is 0.136 e. The first-order chi connectivity index (χ1) is 7.58. The third-order valence-electron chi connectivity index (χ3n) is 2.02. The largest absolute Gasteiger partial charge is 0.242 e. The van der Waals surface area contributed by atoms with Crippen molar-refractivity contribution < 1.29 is 0 Å². The van der Waals surface area contributed by atoms with Crippen LogP contribution in [0.5, 0.6) is 0 Å². The summed E-state index contributed by atoms with van der Waals surface area (Å²) in [6.45, 7) is 0. The molecule has 1 nitrogen and oxygen atoms in total. The fraction of sp³-hybridized carbons (Fsp3) is 0. The molecule has 5 heteroatoms. The molecule has 0 saturated heterocycles. The number of pyridine rings is 1. The summed E-state index contributed by atoms with van der Waals surface area (Å²) in [5.41, 5.74) is 1.39. The lowest BCUT2D eigenvalue weighted by atomic mass is 10.1. The van der Waals surface area contributed by atoms with Gasteiger partial charge in [-0.3, -0.25) is 0 Å². The van der Waals surface area contributed by atoms with Crippen molar-refractivity contribution in [3.05, 3.63) is 50.7 Å². The van der Waals surface area contributed by atoms with Crippen molar-refractivity contribution >= 4 is 46.4 Å². The van der Waals surface area contributed by atoms with Crippen LogP contribution < -0.4 is 0 Å². The quantitative estimate of drug-likeness (QED) is 0.645. The molecule has 0 aliphatic carbocycles. The highest BCUT2D eigenvalue weighted by atomic mass is 35.5. The van der Waals surface area contributed by atoms with Crippen LogP contribution in [0.3, 0.4) is 0 Å². The van der Waals surface area contributed by atoms with E-state index in [2.05, 4.69) is 4.98 Å². The van der Waals surface area contributed by atoms with Crippen LogP contribution in [0.4, 0.5) is 0 Å². The van der Waals surface area contributed by atoms with Crippen molar-refractivity contribution in [1.29, 1.82) is 0 Å². The van der Waals surface area contributed by atoms with E-state index in [0.29, 0.717) is 31.3 Å². The minimum atomic E-state index is 0.341. The van der Waals surface area contributed by atoms with Gasteiger partial charge in [0.05, 0.1) is 5.02 Å². The van der Waals surface area contributed by atoms with Gasteiger partial charge in [-0.25, -0.2) is 4.98 Å². The van der Waals surface area contributed by atoms with Gasteiger partial charge in [0.25, 0.3) is 0 Å². The molecule has 1 aromatic carbocycles. The SMILES string of the molecule is Clc1ccc(Cl)c(-c2cc(Cl)cnc2Cl)c1. The molecule has 2 aromatic rings. The molecule has 0 radical (unpaired) electrons. The highest BCUT2D eigenvalue weighted by Gasteiger charge is 2.10. The van der Waals surface area contributed by atoms with E-state index in [0.717, 1.165) is 0 Å². The molecule has 0 amide bonds. The molecule has 0 saturated carbocycles. The van der Waals surface area contributed by atoms with Crippen LogP contribution in [-0.4, -0.2) is 4.98 Å². The van der Waals surface area contributed by atoms with Gasteiger partial charge in [-0.15, -0.1) is 0 Å². The third-order valence-corrected chi connectivity index (χ3v) is 3.10. The van der Waals surface area contributed by atoms with Gasteiger partial charge in [0.1, 0.15) is 5.15 Å². The second-order valence-electron chi connectivity index (χ2n) is 3.12. The van der Waals surface area contributed by atoms with E-state index < -0.39 is 0 Å². The van der Waals surface area contributed by atoms with E-state index in [1.165, 1.54) is 6.20 Å². The van der Waals surface area contributed by atoms with E-state index in [-0.39, 0.29) is 0 Å². The van der Waals surface area contributed by atoms with Gasteiger partial charge in [-0.05, 0) is 24.3 Å². The first-order valence-electron chi connectivity index (χ1n) is 4.34. The minimum absolute atomic E-state index is 0.341. The normalized spacial score (nSPS) is 10.5. The molecule has 0 fully saturated rings. The molecule has 2 rings (SSSR count). The summed E-state index contributed by atoms with van der Waals surface area (Å²) in [6.07, 6.45) is 1.48. The third kappa shape index (κ3) is 2.44. The zero-order valence-electron chi connectivity index (χ0n) is 7.85. The van der Waals surface area contributed by atoms with Crippen LogP contribution in [0, 0.1) is 0 Å². The number of nitrogens with zero attached hydrogens (tertiary/aromatic N) is 1. The van der Waals surface area contributed by atoms with Crippen LogP contribution in [0.15, 0.2) is 30.5 Å². The van der Waals surface area contributed by atoms with Gasteiger partial charge >= 0.3 is 0 Å². The summed E-state index contributed by atoms with van der Waals surface area (Å²) < 4.78 is 0. The topological polar surface area (TPSA) is 12.9 Å². The lowest BCUT2D eigenvalue weighted by Crippen LogP contribution is -1.85. The minimum Gasteiger partial charge on any atom is -0.242 e. The molecule has 0 atom stereocenters. The van der Waals surface area contributed by atoms with Crippen molar-refractivity contribution in [2.75, 3.05) is 0 Å². The standard InChI is InChI=1S/C11H5Cl4N/c12-6-1-2-10(14)8(3-6)9-4-7(13)5-16-11(9)15/h1-5H. The first-order valence-corrected chi connectivity index (χ1v) is 5.85. The summed E-state index contributed by atoms with van der Waals surface area (Å²) >= 11 is 23.8. The zero-order valence-corrected chi connectivity index (χ0v) is 10.9. The van der Waals surface area contributed by atoms with Crippen LogP contribution in [-0.2, 0) is 0 Å². The Morgan fingerprint density at radius 2 is 1.50 bits per heavy atom. The van der Waals surface area contributed by atoms with Crippen LogP contribution >= 0.6 is 46.4 Å². The van der Waals surface area contributed by atoms with Gasteiger partial charge < -0.3 is 0 Å². The molecule has 0 aliphatic heterocycles. The zero-order chi connectivity index (χ0) is 11.7. The van der Waals surface area contributed by atoms with E-state index in [4.69, 9.17) is 46.4 Å². The fourth-order valence-electron chi connectivity index (χ4n) is 1.32. The number of aromatic nitrogens is 1. The predicted molar refractivity (Wildman–Crippen MR) is 69.7 cm³/mol. The van der Waals surface area contributed by atoms with Gasteiger partial charge in [0.15, 0.2) is 0 Å². The van der Waals surface area contributed by atoms with E-state index in [1.807, 2.05) is 0 Å². The molecule has 16 heavy (non-hydrogen) atoms. The van der Waals surface area contributed by atoms with Crippen molar-refractivity contribution in [3.8, 4) is 11.1 Å². The lowest BCUT2D eigenvalue weighted by molar-refractivity contribution is 1.33. The summed E-state index contributed by atoms with van der Waals surface area (Å²) in [5, 5.41) is 1.97. The number of benzene rings is 1. The summed E-state index contributed by atoms with van der Waals surface area (Å²) in [4.78, 5) is 3.96.